The largest absolute Gasteiger partial charge is 0.477 e. The maximum absolute atomic E-state index is 11.8. The Kier molecular flexibility index (Phi) is 6.63. The van der Waals surface area contributed by atoms with Crippen molar-refractivity contribution in [2.45, 2.75) is 60.4 Å². The summed E-state index contributed by atoms with van der Waals surface area (Å²) in [7, 11) is 1.96. The molecule has 0 aromatic rings. The second kappa shape index (κ2) is 7.82. The lowest BCUT2D eigenvalue weighted by Gasteiger charge is -2.46. The normalized spacial score (nSPS) is 26.9. The number of likely N-dealkylation sites (N-methyl/N-ethyl adjacent to an activating group) is 1. The first-order chi connectivity index (χ1) is 11.0. The number of carboxylic acid groups (broad SMARTS) is 1. The average molecular weight is 320 g/mol. The number of fused-ring (bicyclic) bond motifs is 1. The lowest BCUT2D eigenvalue weighted by atomic mass is 9.71. The molecule has 4 nitrogen and oxygen atoms in total. The number of aliphatic carboxylic acids is 1. The van der Waals surface area contributed by atoms with Crippen molar-refractivity contribution in [3.63, 3.8) is 0 Å². The smallest absolute Gasteiger partial charge is 0.352 e. The maximum atomic E-state index is 11.8. The molecule has 2 rings (SSSR count). The number of nitrogens with one attached hydrogen (secondary N) is 1. The maximum Gasteiger partial charge on any atom is 0.352 e. The molecule has 23 heavy (non-hydrogen) atoms. The summed E-state index contributed by atoms with van der Waals surface area (Å²) >= 11 is 0. The molecule has 2 atom stereocenters. The minimum Gasteiger partial charge on any atom is -0.477 e. The van der Waals surface area contributed by atoms with Crippen LogP contribution in [0.5, 0.6) is 0 Å². The van der Waals surface area contributed by atoms with Gasteiger partial charge in [-0.1, -0.05) is 46.8 Å². The van der Waals surface area contributed by atoms with Crippen molar-refractivity contribution in [2.24, 2.45) is 11.3 Å². The van der Waals surface area contributed by atoms with Gasteiger partial charge in [0.15, 0.2) is 0 Å². The topological polar surface area (TPSA) is 52.6 Å². The molecular weight excluding hydrogens is 288 g/mol. The Balaban J connectivity index is 0.00000127. The van der Waals surface area contributed by atoms with E-state index in [4.69, 9.17) is 0 Å². The molecule has 0 aliphatic carbocycles. The summed E-state index contributed by atoms with van der Waals surface area (Å²) in [5.41, 5.74) is 2.39. The zero-order valence-corrected chi connectivity index (χ0v) is 15.6. The van der Waals surface area contributed by atoms with Crippen molar-refractivity contribution in [2.75, 3.05) is 7.05 Å². The standard InChI is InChI=1S/C17H26N2O2.C2H6/c1-6-12-11(4)9-13-15(18-5)17(7-2,8-3)10-14(16(20)21)19(12)13;1-2/h6,9-11,15,18H,7-8H2,1-5H3,(H,20,21);1-2H3/b12-6+;/t11?,15-;/m1./s1. The second-order valence-corrected chi connectivity index (χ2v) is 5.93. The molecule has 2 aliphatic rings. The lowest BCUT2D eigenvalue weighted by Crippen LogP contribution is -2.51. The van der Waals surface area contributed by atoms with Gasteiger partial charge in [0.2, 0.25) is 0 Å². The average Bonchev–Trinajstić information content (AvgIpc) is 2.90. The van der Waals surface area contributed by atoms with Gasteiger partial charge in [-0.15, -0.1) is 0 Å². The molecular formula is C19H32N2O2. The Labute approximate surface area is 140 Å². The molecule has 0 saturated heterocycles. The summed E-state index contributed by atoms with van der Waals surface area (Å²) < 4.78 is 0. The summed E-state index contributed by atoms with van der Waals surface area (Å²) in [5.74, 6) is -0.608. The molecule has 0 bridgehead atoms. The molecule has 4 heteroatoms. The number of rotatable bonds is 4. The Morgan fingerprint density at radius 2 is 1.96 bits per heavy atom. The van der Waals surface area contributed by atoms with Crippen LogP contribution in [0.2, 0.25) is 0 Å². The molecule has 130 valence electrons. The van der Waals surface area contributed by atoms with Crippen LogP contribution in [0.3, 0.4) is 0 Å². The Hall–Kier alpha value is -1.55. The third-order valence-electron chi connectivity index (χ3n) is 5.06. The number of carbonyl (C=O) groups is 1. The third-order valence-corrected chi connectivity index (χ3v) is 5.06. The quantitative estimate of drug-likeness (QED) is 0.818. The number of hydrogen-bond acceptors (Lipinski definition) is 3. The van der Waals surface area contributed by atoms with E-state index in [2.05, 4.69) is 32.2 Å². The van der Waals surface area contributed by atoms with Crippen LogP contribution in [0.25, 0.3) is 0 Å². The van der Waals surface area contributed by atoms with Gasteiger partial charge in [0.1, 0.15) is 5.70 Å². The minimum atomic E-state index is -0.852. The number of nitrogens with zero attached hydrogens (tertiary/aromatic N) is 1. The van der Waals surface area contributed by atoms with E-state index in [9.17, 15) is 9.90 Å². The van der Waals surface area contributed by atoms with E-state index in [1.807, 2.05) is 44.9 Å². The Morgan fingerprint density at radius 3 is 2.35 bits per heavy atom. The Bertz CT molecular complexity index is 527. The second-order valence-electron chi connectivity index (χ2n) is 5.93. The monoisotopic (exact) mass is 320 g/mol. The van der Waals surface area contributed by atoms with Crippen molar-refractivity contribution in [3.8, 4) is 0 Å². The molecule has 2 N–H and O–H groups in total. The van der Waals surface area contributed by atoms with Gasteiger partial charge in [0, 0.05) is 22.7 Å². The van der Waals surface area contributed by atoms with Crippen molar-refractivity contribution in [3.05, 3.63) is 35.3 Å². The SMILES string of the molecule is C/C=C1\C(C)C=C2[C@@H](NC)C(CC)(CC)C=C(C(=O)O)N21.CC. The van der Waals surface area contributed by atoms with Gasteiger partial charge < -0.3 is 15.3 Å². The molecule has 0 radical (unpaired) electrons. The summed E-state index contributed by atoms with van der Waals surface area (Å²) in [6, 6.07) is 0.149. The fourth-order valence-electron chi connectivity index (χ4n) is 3.83. The number of allylic oxidation sites excluding steroid dienone is 2. The van der Waals surface area contributed by atoms with Crippen molar-refractivity contribution in [1.29, 1.82) is 0 Å². The van der Waals surface area contributed by atoms with Gasteiger partial charge in [-0.05, 0) is 32.9 Å². The summed E-state index contributed by atoms with van der Waals surface area (Å²) in [6.45, 7) is 12.4. The van der Waals surface area contributed by atoms with Gasteiger partial charge in [-0.2, -0.15) is 0 Å². The predicted octanol–water partition coefficient (Wildman–Crippen LogP) is 4.13. The summed E-state index contributed by atoms with van der Waals surface area (Å²) in [6.07, 6.45) is 8.01. The fourth-order valence-corrected chi connectivity index (χ4v) is 3.83. The van der Waals surface area contributed by atoms with Crippen LogP contribution in [0, 0.1) is 11.3 Å². The van der Waals surface area contributed by atoms with E-state index in [1.165, 1.54) is 0 Å². The highest BCUT2D eigenvalue weighted by molar-refractivity contribution is 5.88. The minimum absolute atomic E-state index is 0.145. The lowest BCUT2D eigenvalue weighted by molar-refractivity contribution is -0.134. The van der Waals surface area contributed by atoms with E-state index < -0.39 is 5.97 Å². The van der Waals surface area contributed by atoms with Gasteiger partial charge in [-0.25, -0.2) is 4.79 Å². The summed E-state index contributed by atoms with van der Waals surface area (Å²) in [4.78, 5) is 13.7. The Morgan fingerprint density at radius 1 is 1.39 bits per heavy atom. The van der Waals surface area contributed by atoms with E-state index in [1.54, 1.807) is 0 Å². The van der Waals surface area contributed by atoms with Gasteiger partial charge >= 0.3 is 5.97 Å². The van der Waals surface area contributed by atoms with Crippen molar-refractivity contribution in [1.82, 2.24) is 10.2 Å². The molecule has 2 aliphatic heterocycles. The van der Waals surface area contributed by atoms with Crippen LogP contribution in [-0.4, -0.2) is 29.1 Å². The van der Waals surface area contributed by atoms with Crippen LogP contribution in [0.15, 0.2) is 35.3 Å². The van der Waals surface area contributed by atoms with Crippen molar-refractivity contribution < 1.29 is 9.90 Å². The van der Waals surface area contributed by atoms with Gasteiger partial charge in [0.05, 0.1) is 6.04 Å². The summed E-state index contributed by atoms with van der Waals surface area (Å²) in [5, 5.41) is 13.1. The first-order valence-corrected chi connectivity index (χ1v) is 8.77. The van der Waals surface area contributed by atoms with E-state index in [-0.39, 0.29) is 17.4 Å². The van der Waals surface area contributed by atoms with Crippen LogP contribution in [0.1, 0.15) is 54.4 Å². The highest BCUT2D eigenvalue weighted by Crippen LogP contribution is 2.48. The van der Waals surface area contributed by atoms with Crippen molar-refractivity contribution >= 4 is 5.97 Å². The molecule has 2 heterocycles. The molecule has 0 aromatic carbocycles. The third kappa shape index (κ3) is 3.09. The van der Waals surface area contributed by atoms with E-state index in [0.29, 0.717) is 5.70 Å². The molecule has 0 aromatic heterocycles. The first kappa shape index (κ1) is 19.5. The first-order valence-electron chi connectivity index (χ1n) is 8.77. The molecule has 0 amide bonds. The van der Waals surface area contributed by atoms with Crippen LogP contribution in [-0.2, 0) is 4.79 Å². The number of hydrogen-bond donors (Lipinski definition) is 2. The molecule has 0 fully saturated rings. The zero-order valence-electron chi connectivity index (χ0n) is 15.6. The highest BCUT2D eigenvalue weighted by atomic mass is 16.4. The molecule has 1 unspecified atom stereocenters. The van der Waals surface area contributed by atoms with Crippen LogP contribution < -0.4 is 5.32 Å². The van der Waals surface area contributed by atoms with Crippen LogP contribution in [0.4, 0.5) is 0 Å². The molecule has 0 saturated carbocycles. The van der Waals surface area contributed by atoms with Gasteiger partial charge in [-0.3, -0.25) is 0 Å². The fraction of sp³-hybridized carbons (Fsp3) is 0.632. The highest BCUT2D eigenvalue weighted by Gasteiger charge is 2.47. The molecule has 0 spiro atoms. The van der Waals surface area contributed by atoms with Crippen LogP contribution >= 0.6 is 0 Å². The van der Waals surface area contributed by atoms with Gasteiger partial charge in [0.25, 0.3) is 0 Å². The predicted molar refractivity (Wildman–Crippen MR) is 95.8 cm³/mol. The number of carboxylic acids is 1. The zero-order chi connectivity index (χ0) is 17.8. The van der Waals surface area contributed by atoms with E-state index in [0.717, 1.165) is 24.2 Å². The van der Waals surface area contributed by atoms with E-state index >= 15 is 0 Å².